The number of piperazine rings is 1. The summed E-state index contributed by atoms with van der Waals surface area (Å²) in [5.74, 6) is 0.535. The van der Waals surface area contributed by atoms with E-state index in [0.717, 1.165) is 31.6 Å². The molecule has 0 saturated carbocycles. The van der Waals surface area contributed by atoms with Gasteiger partial charge in [-0.15, -0.1) is 0 Å². The summed E-state index contributed by atoms with van der Waals surface area (Å²) in [6.45, 7) is 7.41. The lowest BCUT2D eigenvalue weighted by molar-refractivity contribution is 0.0687. The fourth-order valence-corrected chi connectivity index (χ4v) is 6.31. The first-order valence-corrected chi connectivity index (χ1v) is 13.0. The van der Waals surface area contributed by atoms with Crippen LogP contribution in [0.25, 0.3) is 0 Å². The second-order valence-corrected chi connectivity index (χ2v) is 11.2. The predicted molar refractivity (Wildman–Crippen MR) is 127 cm³/mol. The second-order valence-electron chi connectivity index (χ2n) is 8.88. The van der Waals surface area contributed by atoms with Crippen molar-refractivity contribution in [3.8, 4) is 0 Å². The molecule has 2 fully saturated rings. The summed E-state index contributed by atoms with van der Waals surface area (Å²) in [7, 11) is -1.92. The van der Waals surface area contributed by atoms with Crippen LogP contribution in [0.3, 0.4) is 0 Å². The minimum absolute atomic E-state index is 0.0866. The summed E-state index contributed by atoms with van der Waals surface area (Å²) in [4.78, 5) is 17.3. The lowest BCUT2D eigenvalue weighted by atomic mass is 9.99. The van der Waals surface area contributed by atoms with Crippen LogP contribution in [0.5, 0.6) is 0 Å². The van der Waals surface area contributed by atoms with E-state index in [2.05, 4.69) is 11.8 Å². The van der Waals surface area contributed by atoms with Gasteiger partial charge in [0.15, 0.2) is 0 Å². The average Bonchev–Trinajstić information content (AvgIpc) is 3.09. The average molecular weight is 479 g/mol. The fraction of sp³-hybridized carbons (Fsp3) is 0.522. The zero-order valence-corrected chi connectivity index (χ0v) is 20.5. The number of benzene rings is 1. The molecule has 3 heterocycles. The van der Waals surface area contributed by atoms with Crippen molar-refractivity contribution in [3.05, 3.63) is 46.7 Å². The molecule has 0 spiro atoms. The number of nitrogens with zero attached hydrogens (tertiary/aromatic N) is 4. The first kappa shape index (κ1) is 23.1. The molecule has 0 bridgehead atoms. The highest BCUT2D eigenvalue weighted by molar-refractivity contribution is 7.89. The molecule has 174 valence electrons. The van der Waals surface area contributed by atoms with E-state index in [0.29, 0.717) is 48.5 Å². The zero-order chi connectivity index (χ0) is 23.0. The highest BCUT2D eigenvalue weighted by atomic mass is 35.5. The Morgan fingerprint density at radius 2 is 1.59 bits per heavy atom. The van der Waals surface area contributed by atoms with E-state index in [1.807, 2.05) is 29.2 Å². The summed E-state index contributed by atoms with van der Waals surface area (Å²) in [5.41, 5.74) is 2.07. The van der Waals surface area contributed by atoms with Gasteiger partial charge in [0.1, 0.15) is 10.6 Å². The lowest BCUT2D eigenvalue weighted by Crippen LogP contribution is -2.48. The normalized spacial score (nSPS) is 18.9. The summed E-state index contributed by atoms with van der Waals surface area (Å²) in [6.07, 6.45) is 1.97. The van der Waals surface area contributed by atoms with Gasteiger partial charge in [0, 0.05) is 62.7 Å². The van der Waals surface area contributed by atoms with Gasteiger partial charge in [0.05, 0.1) is 0 Å². The molecule has 2 aliphatic heterocycles. The van der Waals surface area contributed by atoms with Crippen LogP contribution in [0, 0.1) is 12.8 Å². The Hall–Kier alpha value is -2.03. The van der Waals surface area contributed by atoms with Crippen LogP contribution in [-0.4, -0.2) is 67.4 Å². The number of piperidine rings is 1. The third-order valence-electron chi connectivity index (χ3n) is 6.83. The van der Waals surface area contributed by atoms with Crippen molar-refractivity contribution in [2.24, 2.45) is 13.0 Å². The van der Waals surface area contributed by atoms with Gasteiger partial charge in [-0.1, -0.05) is 18.5 Å². The first-order valence-electron chi connectivity index (χ1n) is 11.1. The molecule has 2 aliphatic rings. The third-order valence-corrected chi connectivity index (χ3v) is 9.09. The molecular formula is C23H31ClN4O3S. The number of likely N-dealkylation sites (tertiary alicyclic amines) is 1. The smallest absolute Gasteiger partial charge is 0.270 e. The number of carbonyl (C=O) groups is 1. The number of amides is 1. The largest absolute Gasteiger partial charge is 0.369 e. The Labute approximate surface area is 195 Å². The van der Waals surface area contributed by atoms with Crippen molar-refractivity contribution < 1.29 is 13.2 Å². The molecule has 1 aromatic carbocycles. The van der Waals surface area contributed by atoms with Gasteiger partial charge in [-0.3, -0.25) is 4.79 Å². The fourth-order valence-electron chi connectivity index (χ4n) is 4.49. The van der Waals surface area contributed by atoms with E-state index >= 15 is 0 Å². The molecule has 2 aromatic rings. The van der Waals surface area contributed by atoms with Crippen LogP contribution in [-0.2, 0) is 17.1 Å². The van der Waals surface area contributed by atoms with Crippen LogP contribution in [0.15, 0.2) is 35.2 Å². The molecule has 0 N–H and O–H groups in total. The molecule has 0 unspecified atom stereocenters. The summed E-state index contributed by atoms with van der Waals surface area (Å²) < 4.78 is 30.2. The molecule has 0 radical (unpaired) electrons. The summed E-state index contributed by atoms with van der Waals surface area (Å²) in [5, 5.41) is 0.680. The number of rotatable bonds is 4. The van der Waals surface area contributed by atoms with Gasteiger partial charge in [-0.05, 0) is 56.0 Å². The van der Waals surface area contributed by atoms with Crippen molar-refractivity contribution >= 4 is 33.2 Å². The molecule has 4 rings (SSSR count). The predicted octanol–water partition coefficient (Wildman–Crippen LogP) is 3.37. The van der Waals surface area contributed by atoms with E-state index in [1.54, 1.807) is 24.6 Å². The van der Waals surface area contributed by atoms with Gasteiger partial charge >= 0.3 is 0 Å². The summed E-state index contributed by atoms with van der Waals surface area (Å²) in [6, 6.07) is 9.15. The number of aromatic nitrogens is 1. The van der Waals surface area contributed by atoms with Gasteiger partial charge in [-0.2, -0.15) is 4.31 Å². The van der Waals surface area contributed by atoms with Crippen molar-refractivity contribution in [1.82, 2.24) is 13.8 Å². The Morgan fingerprint density at radius 1 is 1.00 bits per heavy atom. The number of hydrogen-bond donors (Lipinski definition) is 0. The summed E-state index contributed by atoms with van der Waals surface area (Å²) >= 11 is 5.97. The van der Waals surface area contributed by atoms with Crippen molar-refractivity contribution in [1.29, 1.82) is 0 Å². The lowest BCUT2D eigenvalue weighted by Gasteiger charge is -2.35. The van der Waals surface area contributed by atoms with Gasteiger partial charge in [0.2, 0.25) is 10.0 Å². The highest BCUT2D eigenvalue weighted by Crippen LogP contribution is 2.27. The van der Waals surface area contributed by atoms with Crippen molar-refractivity contribution in [2.75, 3.05) is 44.2 Å². The van der Waals surface area contributed by atoms with E-state index in [9.17, 15) is 13.2 Å². The quantitative estimate of drug-likeness (QED) is 0.675. The van der Waals surface area contributed by atoms with E-state index in [4.69, 9.17) is 11.6 Å². The monoisotopic (exact) mass is 478 g/mol. The maximum absolute atomic E-state index is 13.5. The number of carbonyl (C=O) groups excluding carboxylic acids is 1. The zero-order valence-electron chi connectivity index (χ0n) is 18.9. The Balaban J connectivity index is 1.50. The van der Waals surface area contributed by atoms with E-state index in [-0.39, 0.29) is 10.8 Å². The molecule has 0 atom stereocenters. The van der Waals surface area contributed by atoms with Crippen LogP contribution in [0.4, 0.5) is 5.69 Å². The molecule has 1 amide bonds. The van der Waals surface area contributed by atoms with Crippen molar-refractivity contribution in [2.45, 2.75) is 31.6 Å². The number of anilines is 1. The minimum atomic E-state index is -3.69. The van der Waals surface area contributed by atoms with Crippen LogP contribution in [0.1, 0.15) is 35.9 Å². The van der Waals surface area contributed by atoms with Crippen molar-refractivity contribution in [3.63, 3.8) is 0 Å². The van der Waals surface area contributed by atoms with Gasteiger partial charge in [-0.25, -0.2) is 8.42 Å². The molecule has 1 aromatic heterocycles. The SMILES string of the molecule is Cc1c(S(=O)(=O)N2CCN(c3ccc(Cl)cc3)CC2)cc(C(=O)N2CCC(C)CC2)n1C. The number of halogens is 1. The molecule has 2 saturated heterocycles. The second kappa shape index (κ2) is 9.08. The maximum Gasteiger partial charge on any atom is 0.270 e. The Morgan fingerprint density at radius 3 is 2.19 bits per heavy atom. The highest BCUT2D eigenvalue weighted by Gasteiger charge is 2.33. The van der Waals surface area contributed by atoms with Crippen LogP contribution < -0.4 is 4.90 Å². The standard InChI is InChI=1S/C23H31ClN4O3S/c1-17-8-10-27(11-9-17)23(29)21-16-22(18(2)25(21)3)32(30,31)28-14-12-26(13-15-28)20-6-4-19(24)5-7-20/h4-7,16-17H,8-15H2,1-3H3. The Bertz CT molecular complexity index is 1080. The van der Waals surface area contributed by atoms with Crippen LogP contribution >= 0.6 is 11.6 Å². The maximum atomic E-state index is 13.5. The first-order chi connectivity index (χ1) is 15.2. The molecule has 32 heavy (non-hydrogen) atoms. The van der Waals surface area contributed by atoms with E-state index < -0.39 is 10.0 Å². The molecule has 0 aliphatic carbocycles. The molecular weight excluding hydrogens is 448 g/mol. The third kappa shape index (κ3) is 4.40. The number of hydrogen-bond acceptors (Lipinski definition) is 4. The Kier molecular flexibility index (Phi) is 6.56. The minimum Gasteiger partial charge on any atom is -0.369 e. The molecule has 7 nitrogen and oxygen atoms in total. The van der Waals surface area contributed by atoms with Gasteiger partial charge in [0.25, 0.3) is 5.91 Å². The van der Waals surface area contributed by atoms with E-state index in [1.165, 1.54) is 4.31 Å². The van der Waals surface area contributed by atoms with Gasteiger partial charge < -0.3 is 14.4 Å². The van der Waals surface area contributed by atoms with Crippen LogP contribution in [0.2, 0.25) is 5.02 Å². The topological polar surface area (TPSA) is 65.9 Å². The molecule has 9 heteroatoms. The number of sulfonamides is 1.